The van der Waals surface area contributed by atoms with E-state index >= 15 is 0 Å². The second kappa shape index (κ2) is 5.97. The zero-order valence-electron chi connectivity index (χ0n) is 12.9. The number of hydrogen-bond donors (Lipinski definition) is 1. The molecule has 1 saturated heterocycles. The molecule has 1 aromatic carbocycles. The van der Waals surface area contributed by atoms with Crippen LogP contribution in [0.4, 0.5) is 14.5 Å². The molecular formula is C15H17F2N3O4. The van der Waals surface area contributed by atoms with Crippen LogP contribution in [-0.2, 0) is 15.0 Å². The fraction of sp³-hybridized carbons (Fsp3) is 0.533. The quantitative estimate of drug-likeness (QED) is 0.667. The van der Waals surface area contributed by atoms with Crippen molar-refractivity contribution in [1.29, 1.82) is 0 Å². The molecule has 0 bridgehead atoms. The minimum absolute atomic E-state index is 0.178. The molecule has 2 aliphatic heterocycles. The van der Waals surface area contributed by atoms with Gasteiger partial charge in [0, 0.05) is 17.7 Å². The lowest BCUT2D eigenvalue weighted by Gasteiger charge is -2.41. The Bertz CT molecular complexity index is 699. The first-order valence-corrected chi connectivity index (χ1v) is 7.57. The van der Waals surface area contributed by atoms with Crippen LogP contribution in [0.2, 0.25) is 0 Å². The summed E-state index contributed by atoms with van der Waals surface area (Å²) < 4.78 is 39.8. The van der Waals surface area contributed by atoms with E-state index in [1.54, 1.807) is 0 Å². The summed E-state index contributed by atoms with van der Waals surface area (Å²) >= 11 is 0. The fourth-order valence-corrected chi connectivity index (χ4v) is 3.60. The van der Waals surface area contributed by atoms with Gasteiger partial charge >= 0.3 is 0 Å². The summed E-state index contributed by atoms with van der Waals surface area (Å²) in [5.41, 5.74) is 3.41. The van der Waals surface area contributed by atoms with Crippen LogP contribution >= 0.6 is 0 Å². The lowest BCUT2D eigenvalue weighted by Crippen LogP contribution is -2.52. The Kier molecular flexibility index (Phi) is 4.12. The highest BCUT2D eigenvalue weighted by molar-refractivity contribution is 5.73. The van der Waals surface area contributed by atoms with Crippen molar-refractivity contribution >= 4 is 11.7 Å². The Morgan fingerprint density at radius 2 is 2.29 bits per heavy atom. The number of nitrogens with two attached hydrogens (primary N) is 1. The Hall–Kier alpha value is -2.29. The smallest absolute Gasteiger partial charge is 0.283 e. The van der Waals surface area contributed by atoms with Crippen LogP contribution in [0.5, 0.6) is 0 Å². The van der Waals surface area contributed by atoms with Gasteiger partial charge in [0.05, 0.1) is 23.6 Å². The van der Waals surface area contributed by atoms with Crippen molar-refractivity contribution < 1.29 is 23.2 Å². The number of fused-ring (bicyclic) bond motifs is 1. The Balaban J connectivity index is 2.21. The van der Waals surface area contributed by atoms with Gasteiger partial charge in [0.15, 0.2) is 0 Å². The molecule has 0 saturated carbocycles. The highest BCUT2D eigenvalue weighted by Crippen LogP contribution is 2.47. The van der Waals surface area contributed by atoms with Gasteiger partial charge in [-0.25, -0.2) is 13.8 Å². The fourth-order valence-electron chi connectivity index (χ4n) is 3.60. The molecule has 4 atom stereocenters. The number of benzene rings is 1. The summed E-state index contributed by atoms with van der Waals surface area (Å²) in [5.74, 6) is -1.41. The van der Waals surface area contributed by atoms with E-state index in [0.29, 0.717) is 6.42 Å². The lowest BCUT2D eigenvalue weighted by molar-refractivity contribution is -0.385. The molecule has 2 N–H and O–H groups in total. The largest absolute Gasteiger partial charge is 0.459 e. The number of non-ortho nitro benzene ring substituents is 1. The molecule has 0 unspecified atom stereocenters. The average Bonchev–Trinajstić information content (AvgIpc) is 2.97. The average molecular weight is 341 g/mol. The van der Waals surface area contributed by atoms with Gasteiger partial charge in [0.25, 0.3) is 11.7 Å². The monoisotopic (exact) mass is 341 g/mol. The van der Waals surface area contributed by atoms with Gasteiger partial charge in [-0.3, -0.25) is 10.1 Å². The molecule has 130 valence electrons. The number of amidine groups is 1. The van der Waals surface area contributed by atoms with Gasteiger partial charge in [-0.15, -0.1) is 0 Å². The van der Waals surface area contributed by atoms with E-state index in [4.69, 9.17) is 15.2 Å². The third kappa shape index (κ3) is 2.39. The normalized spacial score (nSPS) is 32.0. The summed E-state index contributed by atoms with van der Waals surface area (Å²) in [6, 6.07) is 2.70. The van der Waals surface area contributed by atoms with Crippen LogP contribution in [0.15, 0.2) is 23.2 Å². The Morgan fingerprint density at radius 1 is 1.54 bits per heavy atom. The van der Waals surface area contributed by atoms with Crippen LogP contribution in [0.1, 0.15) is 18.9 Å². The van der Waals surface area contributed by atoms with Crippen molar-refractivity contribution in [3.8, 4) is 0 Å². The number of nitro benzene ring substituents is 1. The van der Waals surface area contributed by atoms with Gasteiger partial charge in [-0.05, 0) is 12.5 Å². The van der Waals surface area contributed by atoms with E-state index in [-0.39, 0.29) is 23.9 Å². The standard InChI is InChI=1S/C15H17F2N3O4/c1-2-11-13-12(6-23-11)24-14(18)19-15(13,7-16)9-5-8(20(21)22)3-4-10(9)17/h3-5,11-13H,2,6-7H2,1H3,(H2,18,19)/t11-,12+,13-,15+/m0/s1. The molecule has 1 fully saturated rings. The van der Waals surface area contributed by atoms with Gasteiger partial charge in [-0.1, -0.05) is 6.92 Å². The molecule has 0 radical (unpaired) electrons. The van der Waals surface area contributed by atoms with Crippen LogP contribution in [0.3, 0.4) is 0 Å². The first kappa shape index (κ1) is 16.6. The zero-order valence-corrected chi connectivity index (χ0v) is 12.9. The molecule has 9 heteroatoms. The molecule has 0 amide bonds. The highest BCUT2D eigenvalue weighted by Gasteiger charge is 2.57. The predicted molar refractivity (Wildman–Crippen MR) is 80.7 cm³/mol. The number of alkyl halides is 1. The summed E-state index contributed by atoms with van der Waals surface area (Å²) in [5, 5.41) is 11.0. The van der Waals surface area contributed by atoms with Gasteiger partial charge in [0.2, 0.25) is 0 Å². The first-order valence-electron chi connectivity index (χ1n) is 7.57. The summed E-state index contributed by atoms with van der Waals surface area (Å²) in [4.78, 5) is 14.4. The van der Waals surface area contributed by atoms with Crippen LogP contribution in [-0.4, -0.2) is 36.4 Å². The Morgan fingerprint density at radius 3 is 2.92 bits per heavy atom. The number of nitrogens with zero attached hydrogens (tertiary/aromatic N) is 2. The molecule has 2 aliphatic rings. The van der Waals surface area contributed by atoms with Gasteiger partial charge in [-0.2, -0.15) is 0 Å². The van der Waals surface area contributed by atoms with Crippen LogP contribution < -0.4 is 5.73 Å². The van der Waals surface area contributed by atoms with Crippen LogP contribution in [0.25, 0.3) is 0 Å². The van der Waals surface area contributed by atoms with Crippen molar-refractivity contribution in [2.24, 2.45) is 16.6 Å². The van der Waals surface area contributed by atoms with E-state index < -0.39 is 41.1 Å². The van der Waals surface area contributed by atoms with Gasteiger partial charge < -0.3 is 15.2 Å². The number of rotatable bonds is 4. The topological polar surface area (TPSA) is 100.0 Å². The van der Waals surface area contributed by atoms with E-state index in [2.05, 4.69) is 4.99 Å². The number of hydrogen-bond acceptors (Lipinski definition) is 6. The summed E-state index contributed by atoms with van der Waals surface area (Å²) in [6.07, 6.45) is -0.457. The molecule has 7 nitrogen and oxygen atoms in total. The minimum atomic E-state index is -1.71. The van der Waals surface area contributed by atoms with Crippen molar-refractivity contribution in [2.45, 2.75) is 31.1 Å². The molecule has 24 heavy (non-hydrogen) atoms. The number of ether oxygens (including phenoxy) is 2. The molecular weight excluding hydrogens is 324 g/mol. The molecule has 0 aliphatic carbocycles. The van der Waals surface area contributed by atoms with Crippen molar-refractivity contribution in [3.05, 3.63) is 39.7 Å². The number of halogens is 2. The maximum atomic E-state index is 14.5. The summed E-state index contributed by atoms with van der Waals surface area (Å²) in [7, 11) is 0. The molecule has 2 heterocycles. The van der Waals surface area contributed by atoms with Crippen molar-refractivity contribution in [3.63, 3.8) is 0 Å². The van der Waals surface area contributed by atoms with Crippen LogP contribution in [0, 0.1) is 21.8 Å². The van der Waals surface area contributed by atoms with Gasteiger partial charge in [0.1, 0.15) is 24.1 Å². The molecule has 1 aromatic rings. The first-order chi connectivity index (χ1) is 11.4. The number of aliphatic imine (C=N–C) groups is 1. The van der Waals surface area contributed by atoms with E-state index in [0.717, 1.165) is 18.2 Å². The number of nitro groups is 1. The second-order valence-corrected chi connectivity index (χ2v) is 5.89. The Labute approximate surface area is 136 Å². The predicted octanol–water partition coefficient (Wildman–Crippen LogP) is 2.04. The zero-order chi connectivity index (χ0) is 17.5. The van der Waals surface area contributed by atoms with Crippen molar-refractivity contribution in [2.75, 3.05) is 13.3 Å². The lowest BCUT2D eigenvalue weighted by atomic mass is 9.73. The molecule has 0 aromatic heterocycles. The van der Waals surface area contributed by atoms with E-state index in [9.17, 15) is 18.9 Å². The molecule has 3 rings (SSSR count). The van der Waals surface area contributed by atoms with E-state index in [1.807, 2.05) is 6.92 Å². The summed E-state index contributed by atoms with van der Waals surface area (Å²) in [6.45, 7) is 0.954. The van der Waals surface area contributed by atoms with E-state index in [1.165, 1.54) is 0 Å². The highest BCUT2D eigenvalue weighted by atomic mass is 19.1. The third-order valence-electron chi connectivity index (χ3n) is 4.64. The maximum Gasteiger partial charge on any atom is 0.283 e. The third-order valence-corrected chi connectivity index (χ3v) is 4.64. The van der Waals surface area contributed by atoms with Crippen molar-refractivity contribution in [1.82, 2.24) is 0 Å². The maximum absolute atomic E-state index is 14.5. The second-order valence-electron chi connectivity index (χ2n) is 5.89. The SMILES string of the molecule is CC[C@@H]1OC[C@H]2OC(N)=N[C@](CF)(c3cc([N+](=O)[O-])ccc3F)[C@@H]12. The minimum Gasteiger partial charge on any atom is -0.459 e. The molecule has 0 spiro atoms.